The first kappa shape index (κ1) is 53.5. The third kappa shape index (κ3) is 40.4. The third-order valence-electron chi connectivity index (χ3n) is 9.61. The summed E-state index contributed by atoms with van der Waals surface area (Å²) in [5.74, 6) is -0.932. The van der Waals surface area contributed by atoms with Gasteiger partial charge in [-0.15, -0.1) is 0 Å². The smallest absolute Gasteiger partial charge is 0.462 e. The fourth-order valence-electron chi connectivity index (χ4n) is 6.14. The van der Waals surface area contributed by atoms with Crippen LogP contribution in [0.1, 0.15) is 206 Å². The van der Waals surface area contributed by atoms with E-state index in [1.165, 1.54) is 103 Å². The normalized spacial score (nSPS) is 14.1. The number of carbonyl (C=O) groups excluding carboxylic acids is 2. The Balaban J connectivity index is 4.27. The summed E-state index contributed by atoms with van der Waals surface area (Å²) >= 11 is 0. The molecule has 10 nitrogen and oxygen atoms in total. The molecule has 3 atom stereocenters. The minimum Gasteiger partial charge on any atom is -0.462 e. The van der Waals surface area contributed by atoms with Gasteiger partial charge in [0.15, 0.2) is 6.10 Å². The summed E-state index contributed by atoms with van der Waals surface area (Å²) in [5, 5.41) is 18.3. The maximum atomic E-state index is 12.6. The molecule has 0 amide bonds. The van der Waals surface area contributed by atoms with Crippen LogP contribution in [0.25, 0.3) is 0 Å². The summed E-state index contributed by atoms with van der Waals surface area (Å²) in [7, 11) is -4.62. The van der Waals surface area contributed by atoms with Crippen molar-refractivity contribution in [2.24, 2.45) is 0 Å². The Kier molecular flexibility index (Phi) is 39.5. The SMILES string of the molecule is CCCCC/C=C\C/C=C\CCCCCCCC(=O)OC(COC(=O)CCCCCCCCCCCCCCCCCCC)COP(=O)(O)OCC(O)CO. The van der Waals surface area contributed by atoms with Gasteiger partial charge in [-0.25, -0.2) is 4.57 Å². The van der Waals surface area contributed by atoms with Crippen molar-refractivity contribution in [2.45, 2.75) is 219 Å². The lowest BCUT2D eigenvalue weighted by molar-refractivity contribution is -0.161. The topological polar surface area (TPSA) is 149 Å². The van der Waals surface area contributed by atoms with Gasteiger partial charge >= 0.3 is 19.8 Å². The number of phosphoric ester groups is 1. The second-order valence-electron chi connectivity index (χ2n) is 15.1. The summed E-state index contributed by atoms with van der Waals surface area (Å²) in [6, 6.07) is 0. The Labute approximate surface area is 336 Å². The summed E-state index contributed by atoms with van der Waals surface area (Å²) in [5.41, 5.74) is 0. The molecule has 0 aliphatic rings. The Morgan fingerprint density at radius 3 is 1.44 bits per heavy atom. The van der Waals surface area contributed by atoms with Crippen LogP contribution in [0.15, 0.2) is 24.3 Å². The molecular formula is C44H83O10P. The zero-order valence-corrected chi connectivity index (χ0v) is 36.0. The maximum Gasteiger partial charge on any atom is 0.472 e. The molecule has 0 aliphatic heterocycles. The second-order valence-corrected chi connectivity index (χ2v) is 16.5. The van der Waals surface area contributed by atoms with E-state index in [4.69, 9.17) is 23.6 Å². The lowest BCUT2D eigenvalue weighted by Gasteiger charge is -2.20. The first-order chi connectivity index (χ1) is 26.7. The molecule has 0 heterocycles. The highest BCUT2D eigenvalue weighted by atomic mass is 31.2. The number of ether oxygens (including phenoxy) is 2. The van der Waals surface area contributed by atoms with Crippen molar-refractivity contribution in [1.82, 2.24) is 0 Å². The Morgan fingerprint density at radius 2 is 0.945 bits per heavy atom. The molecule has 0 aliphatic carbocycles. The van der Waals surface area contributed by atoms with Crippen LogP contribution in [0.3, 0.4) is 0 Å². The van der Waals surface area contributed by atoms with Crippen molar-refractivity contribution in [3.8, 4) is 0 Å². The minimum absolute atomic E-state index is 0.171. The van der Waals surface area contributed by atoms with Gasteiger partial charge in [0.1, 0.15) is 12.7 Å². The van der Waals surface area contributed by atoms with Gasteiger partial charge in [-0.3, -0.25) is 18.6 Å². The molecule has 0 bridgehead atoms. The van der Waals surface area contributed by atoms with Gasteiger partial charge in [-0.1, -0.05) is 173 Å². The summed E-state index contributed by atoms with van der Waals surface area (Å²) < 4.78 is 32.7. The van der Waals surface area contributed by atoms with E-state index in [9.17, 15) is 24.2 Å². The number of unbranched alkanes of at least 4 members (excludes halogenated alkanes) is 24. The van der Waals surface area contributed by atoms with Gasteiger partial charge in [0.05, 0.1) is 19.8 Å². The average Bonchev–Trinajstić information content (AvgIpc) is 3.17. The predicted molar refractivity (Wildman–Crippen MR) is 224 cm³/mol. The molecule has 0 saturated heterocycles. The van der Waals surface area contributed by atoms with E-state index in [2.05, 4.69) is 38.2 Å². The Hall–Kier alpha value is -1.55. The molecule has 0 rings (SSSR count). The van der Waals surface area contributed by atoms with Gasteiger partial charge in [0.25, 0.3) is 0 Å². The van der Waals surface area contributed by atoms with E-state index in [1.54, 1.807) is 0 Å². The van der Waals surface area contributed by atoms with Crippen LogP contribution < -0.4 is 0 Å². The monoisotopic (exact) mass is 803 g/mol. The van der Waals surface area contributed by atoms with Crippen molar-refractivity contribution in [1.29, 1.82) is 0 Å². The van der Waals surface area contributed by atoms with Crippen LogP contribution >= 0.6 is 7.82 Å². The average molecular weight is 803 g/mol. The zero-order valence-electron chi connectivity index (χ0n) is 35.2. The van der Waals surface area contributed by atoms with Crippen molar-refractivity contribution in [3.63, 3.8) is 0 Å². The van der Waals surface area contributed by atoms with Crippen molar-refractivity contribution >= 4 is 19.8 Å². The largest absolute Gasteiger partial charge is 0.472 e. The molecule has 0 aromatic rings. The number of allylic oxidation sites excluding steroid dienone is 4. The summed E-state index contributed by atoms with van der Waals surface area (Å²) in [6.45, 7) is 2.36. The quantitative estimate of drug-likeness (QED) is 0.0236. The molecular weight excluding hydrogens is 719 g/mol. The Morgan fingerprint density at radius 1 is 0.545 bits per heavy atom. The molecule has 0 aromatic carbocycles. The second kappa shape index (κ2) is 40.6. The number of rotatable bonds is 42. The van der Waals surface area contributed by atoms with Gasteiger partial charge in [-0.2, -0.15) is 0 Å². The van der Waals surface area contributed by atoms with Crippen LogP contribution in [0.5, 0.6) is 0 Å². The highest BCUT2D eigenvalue weighted by molar-refractivity contribution is 7.47. The molecule has 0 aromatic heterocycles. The standard InChI is InChI=1S/C44H83O10P/c1-3-5-7-9-11-13-15-17-19-20-22-23-25-27-29-31-33-35-43(47)51-39-42(40-53-55(49,50)52-38-41(46)37-45)54-44(48)36-34-32-30-28-26-24-21-18-16-14-12-10-8-6-4-2/h12,14,18,21,41-42,45-46H,3-11,13,15-17,19-20,22-40H2,1-2H3,(H,49,50)/b14-12-,21-18-. The molecule has 0 fully saturated rings. The molecule has 11 heteroatoms. The van der Waals surface area contributed by atoms with Gasteiger partial charge in [0, 0.05) is 12.8 Å². The maximum absolute atomic E-state index is 12.6. The zero-order chi connectivity index (χ0) is 40.5. The van der Waals surface area contributed by atoms with E-state index in [0.29, 0.717) is 12.8 Å². The third-order valence-corrected chi connectivity index (χ3v) is 10.6. The highest BCUT2D eigenvalue weighted by Crippen LogP contribution is 2.43. The molecule has 0 radical (unpaired) electrons. The lowest BCUT2D eigenvalue weighted by Crippen LogP contribution is -2.29. The van der Waals surface area contributed by atoms with Crippen LogP contribution in [0, 0.1) is 0 Å². The highest BCUT2D eigenvalue weighted by Gasteiger charge is 2.27. The van der Waals surface area contributed by atoms with Crippen LogP contribution in [0.2, 0.25) is 0 Å². The number of phosphoric acid groups is 1. The van der Waals surface area contributed by atoms with E-state index < -0.39 is 51.8 Å². The van der Waals surface area contributed by atoms with Crippen molar-refractivity contribution in [2.75, 3.05) is 26.4 Å². The Bertz CT molecular complexity index is 972. The predicted octanol–water partition coefficient (Wildman–Crippen LogP) is 11.8. The number of esters is 2. The van der Waals surface area contributed by atoms with Crippen LogP contribution in [-0.2, 0) is 32.7 Å². The van der Waals surface area contributed by atoms with Gasteiger partial charge in [-0.05, 0) is 44.9 Å². The molecule has 55 heavy (non-hydrogen) atoms. The van der Waals surface area contributed by atoms with Crippen LogP contribution in [0.4, 0.5) is 0 Å². The molecule has 3 N–H and O–H groups in total. The van der Waals surface area contributed by atoms with E-state index in [1.807, 2.05) is 0 Å². The number of hydrogen-bond donors (Lipinski definition) is 3. The molecule has 324 valence electrons. The first-order valence-electron chi connectivity index (χ1n) is 22.3. The van der Waals surface area contributed by atoms with Gasteiger partial charge in [0.2, 0.25) is 0 Å². The van der Waals surface area contributed by atoms with Gasteiger partial charge < -0.3 is 24.6 Å². The number of hydrogen-bond acceptors (Lipinski definition) is 9. The molecule has 3 unspecified atom stereocenters. The number of aliphatic hydroxyl groups excluding tert-OH is 2. The minimum atomic E-state index is -4.62. The fourth-order valence-corrected chi connectivity index (χ4v) is 6.93. The van der Waals surface area contributed by atoms with Crippen LogP contribution in [-0.4, -0.2) is 65.7 Å². The molecule has 0 spiro atoms. The fraction of sp³-hybridized carbons (Fsp3) is 0.864. The van der Waals surface area contributed by atoms with Crippen molar-refractivity contribution < 1.29 is 47.8 Å². The first-order valence-corrected chi connectivity index (χ1v) is 23.8. The number of carbonyl (C=O) groups is 2. The number of aliphatic hydroxyl groups is 2. The molecule has 0 saturated carbocycles. The summed E-state index contributed by atoms with van der Waals surface area (Å²) in [4.78, 5) is 35.0. The summed E-state index contributed by atoms with van der Waals surface area (Å²) in [6.07, 6.45) is 40.0. The van der Waals surface area contributed by atoms with E-state index in [-0.39, 0.29) is 19.4 Å². The van der Waals surface area contributed by atoms with E-state index in [0.717, 1.165) is 64.2 Å². The van der Waals surface area contributed by atoms with Crippen molar-refractivity contribution in [3.05, 3.63) is 24.3 Å². The lowest BCUT2D eigenvalue weighted by atomic mass is 10.0. The van der Waals surface area contributed by atoms with E-state index >= 15 is 0 Å².